The number of ether oxygens (including phenoxy) is 2. The van der Waals surface area contributed by atoms with Gasteiger partial charge >= 0.3 is 0 Å². The molecule has 0 amide bonds. The summed E-state index contributed by atoms with van der Waals surface area (Å²) in [6.45, 7) is 0.180. The maximum Gasteiger partial charge on any atom is 0.161 e. The van der Waals surface area contributed by atoms with E-state index in [2.05, 4.69) is 5.48 Å². The summed E-state index contributed by atoms with van der Waals surface area (Å²) in [5.41, 5.74) is 4.79. The highest BCUT2D eigenvalue weighted by Gasteiger charge is 2.18. The Kier molecular flexibility index (Phi) is 4.65. The minimum Gasteiger partial charge on any atom is -0.493 e. The van der Waals surface area contributed by atoms with Crippen LogP contribution in [0, 0.1) is 0 Å². The van der Waals surface area contributed by atoms with Gasteiger partial charge in [-0.3, -0.25) is 10.3 Å². The summed E-state index contributed by atoms with van der Waals surface area (Å²) in [5, 5.41) is 8.81. The van der Waals surface area contributed by atoms with Crippen molar-refractivity contribution in [2.24, 2.45) is 0 Å². The van der Waals surface area contributed by atoms with Gasteiger partial charge in [-0.25, -0.2) is 0 Å². The molecule has 5 heteroatoms. The van der Waals surface area contributed by atoms with Gasteiger partial charge in [-0.15, -0.1) is 0 Å². The summed E-state index contributed by atoms with van der Waals surface area (Å²) < 4.78 is 10.5. The van der Waals surface area contributed by atoms with Crippen LogP contribution in [-0.2, 0) is 4.84 Å². The molecule has 5 nitrogen and oxygen atoms in total. The maximum absolute atomic E-state index is 8.81. The van der Waals surface area contributed by atoms with Crippen molar-refractivity contribution < 1.29 is 19.4 Å². The van der Waals surface area contributed by atoms with Crippen molar-refractivity contribution in [1.82, 2.24) is 5.48 Å². The van der Waals surface area contributed by atoms with E-state index in [1.54, 1.807) is 14.2 Å². The van der Waals surface area contributed by atoms with Crippen molar-refractivity contribution in [2.75, 3.05) is 20.8 Å². The molecule has 1 aliphatic rings. The molecule has 1 heterocycles. The number of hydrogen-bond donors (Lipinski definition) is 2. The predicted molar refractivity (Wildman–Crippen MR) is 71.9 cm³/mol. The number of aliphatic hydroxyl groups is 1. The van der Waals surface area contributed by atoms with E-state index in [-0.39, 0.29) is 12.7 Å². The highest BCUT2D eigenvalue weighted by atomic mass is 16.7. The molecule has 0 bridgehead atoms. The van der Waals surface area contributed by atoms with Gasteiger partial charge in [-0.2, -0.15) is 0 Å². The van der Waals surface area contributed by atoms with Gasteiger partial charge in [0, 0.05) is 12.2 Å². The van der Waals surface area contributed by atoms with Crippen LogP contribution in [-0.4, -0.2) is 32.0 Å². The summed E-state index contributed by atoms with van der Waals surface area (Å²) in [6.07, 6.45) is 3.52. The quantitative estimate of drug-likeness (QED) is 0.820. The van der Waals surface area contributed by atoms with Crippen molar-refractivity contribution in [3.8, 4) is 11.5 Å². The van der Waals surface area contributed by atoms with Gasteiger partial charge in [0.1, 0.15) is 6.10 Å². The van der Waals surface area contributed by atoms with Crippen molar-refractivity contribution in [3.05, 3.63) is 29.8 Å². The molecule has 2 rings (SSSR count). The monoisotopic (exact) mass is 265 g/mol. The third kappa shape index (κ3) is 3.19. The first-order valence-corrected chi connectivity index (χ1v) is 6.25. The van der Waals surface area contributed by atoms with Crippen molar-refractivity contribution in [3.63, 3.8) is 0 Å². The Bertz CT molecular complexity index is 459. The standard InChI is InChI=1S/C14H19NO4/c1-17-13-6-5-10(8-14(13)18-2)12-9-11(19-15-12)4-3-7-16/h5-6,8-9,11,15-16H,3-4,7H2,1-2H3. The lowest BCUT2D eigenvalue weighted by Gasteiger charge is -2.10. The smallest absolute Gasteiger partial charge is 0.161 e. The van der Waals surface area contributed by atoms with E-state index in [1.807, 2.05) is 24.3 Å². The molecule has 0 aromatic heterocycles. The molecule has 0 saturated heterocycles. The highest BCUT2D eigenvalue weighted by Crippen LogP contribution is 2.31. The lowest BCUT2D eigenvalue weighted by Crippen LogP contribution is -2.12. The molecule has 0 spiro atoms. The fraction of sp³-hybridized carbons (Fsp3) is 0.429. The predicted octanol–water partition coefficient (Wildman–Crippen LogP) is 1.72. The van der Waals surface area contributed by atoms with E-state index in [1.165, 1.54) is 0 Å². The topological polar surface area (TPSA) is 60.0 Å². The van der Waals surface area contributed by atoms with E-state index in [4.69, 9.17) is 19.4 Å². The average molecular weight is 265 g/mol. The van der Waals surface area contributed by atoms with E-state index in [9.17, 15) is 0 Å². The van der Waals surface area contributed by atoms with Gasteiger partial charge in [0.15, 0.2) is 11.5 Å². The van der Waals surface area contributed by atoms with Crippen LogP contribution in [0.5, 0.6) is 11.5 Å². The fourth-order valence-corrected chi connectivity index (χ4v) is 1.99. The number of hydroxylamine groups is 1. The molecule has 2 N–H and O–H groups in total. The van der Waals surface area contributed by atoms with E-state index in [0.29, 0.717) is 11.5 Å². The molecule has 1 aromatic rings. The number of benzene rings is 1. The molecule has 0 aliphatic carbocycles. The van der Waals surface area contributed by atoms with Crippen LogP contribution >= 0.6 is 0 Å². The average Bonchev–Trinajstić information content (AvgIpc) is 2.93. The first kappa shape index (κ1) is 13.7. The summed E-state index contributed by atoms with van der Waals surface area (Å²) in [4.78, 5) is 5.43. The third-order valence-corrected chi connectivity index (χ3v) is 3.01. The molecule has 0 saturated carbocycles. The second kappa shape index (κ2) is 6.45. The zero-order chi connectivity index (χ0) is 13.7. The Labute approximate surface area is 112 Å². The molecule has 1 atom stereocenters. The van der Waals surface area contributed by atoms with Gasteiger partial charge in [0.05, 0.1) is 19.9 Å². The van der Waals surface area contributed by atoms with Crippen molar-refractivity contribution in [2.45, 2.75) is 18.9 Å². The number of nitrogens with one attached hydrogen (secondary N) is 1. The molecule has 1 aliphatic heterocycles. The van der Waals surface area contributed by atoms with Gasteiger partial charge in [-0.1, -0.05) is 0 Å². The van der Waals surface area contributed by atoms with Crippen molar-refractivity contribution >= 4 is 5.70 Å². The summed E-state index contributed by atoms with van der Waals surface area (Å²) >= 11 is 0. The fourth-order valence-electron chi connectivity index (χ4n) is 1.99. The molecular formula is C14H19NO4. The maximum atomic E-state index is 8.81. The minimum atomic E-state index is -0.00440. The summed E-state index contributed by atoms with van der Waals surface area (Å²) in [7, 11) is 3.22. The molecular weight excluding hydrogens is 246 g/mol. The zero-order valence-electron chi connectivity index (χ0n) is 11.2. The highest BCUT2D eigenvalue weighted by molar-refractivity contribution is 5.67. The number of rotatable bonds is 6. The van der Waals surface area contributed by atoms with E-state index < -0.39 is 0 Å². The number of methoxy groups -OCH3 is 2. The molecule has 104 valence electrons. The molecule has 1 aromatic carbocycles. The Balaban J connectivity index is 2.14. The minimum absolute atomic E-state index is 0.00440. The Hall–Kier alpha value is -1.72. The van der Waals surface area contributed by atoms with Crippen molar-refractivity contribution in [1.29, 1.82) is 0 Å². The van der Waals surface area contributed by atoms with Gasteiger partial charge in [0.2, 0.25) is 0 Å². The first-order valence-electron chi connectivity index (χ1n) is 6.25. The SMILES string of the molecule is COc1ccc(C2=CC(CCCO)ON2)cc1OC. The van der Waals surface area contributed by atoms with Crippen LogP contribution in [0.4, 0.5) is 0 Å². The van der Waals surface area contributed by atoms with Crippen LogP contribution in [0.2, 0.25) is 0 Å². The number of aliphatic hydroxyl groups excluding tert-OH is 1. The Morgan fingerprint density at radius 2 is 2.05 bits per heavy atom. The first-order chi connectivity index (χ1) is 9.28. The Morgan fingerprint density at radius 1 is 1.26 bits per heavy atom. The molecule has 0 fully saturated rings. The van der Waals surface area contributed by atoms with Crippen LogP contribution < -0.4 is 15.0 Å². The lowest BCUT2D eigenvalue weighted by atomic mass is 10.1. The second-order valence-electron chi connectivity index (χ2n) is 4.27. The van der Waals surface area contributed by atoms with Gasteiger partial charge < -0.3 is 14.6 Å². The van der Waals surface area contributed by atoms with Gasteiger partial charge in [-0.05, 0) is 37.1 Å². The Morgan fingerprint density at radius 3 is 2.74 bits per heavy atom. The van der Waals surface area contributed by atoms with E-state index in [0.717, 1.165) is 24.1 Å². The third-order valence-electron chi connectivity index (χ3n) is 3.01. The van der Waals surface area contributed by atoms with Crippen LogP contribution in [0.1, 0.15) is 18.4 Å². The lowest BCUT2D eigenvalue weighted by molar-refractivity contribution is 0.0429. The van der Waals surface area contributed by atoms with Crippen LogP contribution in [0.15, 0.2) is 24.3 Å². The second-order valence-corrected chi connectivity index (χ2v) is 4.27. The van der Waals surface area contributed by atoms with Crippen LogP contribution in [0.3, 0.4) is 0 Å². The largest absolute Gasteiger partial charge is 0.493 e. The molecule has 19 heavy (non-hydrogen) atoms. The number of hydrogen-bond acceptors (Lipinski definition) is 5. The normalized spacial score (nSPS) is 17.8. The van der Waals surface area contributed by atoms with Gasteiger partial charge in [0.25, 0.3) is 0 Å². The summed E-state index contributed by atoms with van der Waals surface area (Å²) in [5.74, 6) is 1.38. The van der Waals surface area contributed by atoms with Crippen LogP contribution in [0.25, 0.3) is 5.70 Å². The zero-order valence-corrected chi connectivity index (χ0v) is 11.2. The molecule has 1 unspecified atom stereocenters. The molecule has 0 radical (unpaired) electrons. The summed E-state index contributed by atoms with van der Waals surface area (Å²) in [6, 6.07) is 5.70. The van der Waals surface area contributed by atoms with E-state index >= 15 is 0 Å².